The Bertz CT molecular complexity index is 971. The number of carbonyl (C=O) groups excluding carboxylic acids is 1. The van der Waals surface area contributed by atoms with E-state index in [9.17, 15) is 17.6 Å². The molecule has 2 aromatic rings. The zero-order valence-electron chi connectivity index (χ0n) is 15.9. The number of ketones is 1. The zero-order valence-corrected chi connectivity index (χ0v) is 16.7. The van der Waals surface area contributed by atoms with E-state index in [0.717, 1.165) is 6.20 Å². The number of pyridine rings is 2. The monoisotopic (exact) mass is 407 g/mol. The summed E-state index contributed by atoms with van der Waals surface area (Å²) in [4.78, 5) is 20.6. The molecule has 2 aromatic heterocycles. The van der Waals surface area contributed by atoms with Gasteiger partial charge in [0, 0.05) is 23.5 Å². The van der Waals surface area contributed by atoms with Gasteiger partial charge in [0.25, 0.3) is 0 Å². The lowest BCUT2D eigenvalue weighted by Gasteiger charge is -2.38. The molecule has 0 unspecified atom stereocenters. The van der Waals surface area contributed by atoms with Crippen LogP contribution >= 0.6 is 0 Å². The van der Waals surface area contributed by atoms with Crippen molar-refractivity contribution in [3.63, 3.8) is 0 Å². The van der Waals surface area contributed by atoms with Crippen LogP contribution in [0.5, 0.6) is 5.75 Å². The van der Waals surface area contributed by atoms with Gasteiger partial charge in [-0.1, -0.05) is 0 Å². The number of sulfonamides is 1. The van der Waals surface area contributed by atoms with E-state index in [1.54, 1.807) is 32.9 Å². The number of halogens is 1. The molecule has 28 heavy (non-hydrogen) atoms. The first-order valence-corrected chi connectivity index (χ1v) is 10.4. The highest BCUT2D eigenvalue weighted by atomic mass is 32.2. The second kappa shape index (κ2) is 7.92. The minimum absolute atomic E-state index is 0.0000117. The van der Waals surface area contributed by atoms with E-state index in [4.69, 9.17) is 4.74 Å². The first-order valence-electron chi connectivity index (χ1n) is 8.93. The van der Waals surface area contributed by atoms with E-state index in [1.165, 1.54) is 16.4 Å². The van der Waals surface area contributed by atoms with E-state index in [-0.39, 0.29) is 37.1 Å². The van der Waals surface area contributed by atoms with Gasteiger partial charge >= 0.3 is 0 Å². The lowest BCUT2D eigenvalue weighted by molar-refractivity contribution is 0.0753. The number of aromatic nitrogens is 2. The van der Waals surface area contributed by atoms with E-state index >= 15 is 0 Å². The molecule has 9 heteroatoms. The van der Waals surface area contributed by atoms with Crippen LogP contribution in [0.4, 0.5) is 4.39 Å². The van der Waals surface area contributed by atoms with Crippen LogP contribution in [0.1, 0.15) is 35.7 Å². The van der Waals surface area contributed by atoms with Gasteiger partial charge < -0.3 is 4.74 Å². The summed E-state index contributed by atoms with van der Waals surface area (Å²) in [5.41, 5.74) is 1.29. The van der Waals surface area contributed by atoms with Gasteiger partial charge in [-0.25, -0.2) is 17.8 Å². The molecule has 0 bridgehead atoms. The molecule has 0 spiro atoms. The first-order chi connectivity index (χ1) is 13.1. The van der Waals surface area contributed by atoms with Gasteiger partial charge in [-0.15, -0.1) is 0 Å². The number of ether oxygens (including phenoxy) is 1. The average molecular weight is 407 g/mol. The minimum Gasteiger partial charge on any atom is -0.488 e. The van der Waals surface area contributed by atoms with Crippen molar-refractivity contribution in [1.29, 1.82) is 0 Å². The predicted octanol–water partition coefficient (Wildman–Crippen LogP) is 2.15. The topological polar surface area (TPSA) is 89.5 Å². The Balaban J connectivity index is 1.65. The Kier molecular flexibility index (Phi) is 5.76. The number of hydrogen-bond donors (Lipinski definition) is 0. The van der Waals surface area contributed by atoms with Gasteiger partial charge in [-0.3, -0.25) is 9.78 Å². The van der Waals surface area contributed by atoms with Gasteiger partial charge in [0.05, 0.1) is 31.0 Å². The van der Waals surface area contributed by atoms with Crippen molar-refractivity contribution in [1.82, 2.24) is 14.3 Å². The maximum Gasteiger partial charge on any atom is 0.216 e. The standard InChI is InChI=1S/C19H22FN3O4S/c1-12(2)28(25,26)23-10-17(11-23)27-16-6-13(3)22-18(8-16)19(24)7-15-5-4-14(20)9-21-15/h4-6,8-9,12,17H,7,10-11H2,1-3H3. The quantitative estimate of drug-likeness (QED) is 0.654. The van der Waals surface area contributed by atoms with E-state index < -0.39 is 21.1 Å². The van der Waals surface area contributed by atoms with Crippen LogP contribution in [-0.4, -0.2) is 52.9 Å². The van der Waals surface area contributed by atoms with Gasteiger partial charge in [0.1, 0.15) is 23.4 Å². The third-order valence-electron chi connectivity index (χ3n) is 4.42. The van der Waals surface area contributed by atoms with Crippen molar-refractivity contribution >= 4 is 15.8 Å². The molecule has 3 rings (SSSR count). The third kappa shape index (κ3) is 4.53. The summed E-state index contributed by atoms with van der Waals surface area (Å²) in [6, 6.07) is 5.95. The van der Waals surface area contributed by atoms with Gasteiger partial charge in [-0.2, -0.15) is 4.31 Å². The normalized spacial score (nSPS) is 15.5. The smallest absolute Gasteiger partial charge is 0.216 e. The Morgan fingerprint density at radius 2 is 2.04 bits per heavy atom. The highest BCUT2D eigenvalue weighted by Crippen LogP contribution is 2.24. The minimum atomic E-state index is -3.28. The van der Waals surface area contributed by atoms with Crippen LogP contribution < -0.4 is 4.74 Å². The SMILES string of the molecule is Cc1cc(OC2CN(S(=O)(=O)C(C)C)C2)cc(C(=O)Cc2ccc(F)cn2)n1. The van der Waals surface area contributed by atoms with Gasteiger partial charge in [0.15, 0.2) is 5.78 Å². The van der Waals surface area contributed by atoms with Crippen LogP contribution in [-0.2, 0) is 16.4 Å². The Morgan fingerprint density at radius 1 is 1.32 bits per heavy atom. The van der Waals surface area contributed by atoms with E-state index in [0.29, 0.717) is 17.1 Å². The Labute approximate surface area is 163 Å². The first kappa shape index (κ1) is 20.3. The van der Waals surface area contributed by atoms with Crippen molar-refractivity contribution in [2.75, 3.05) is 13.1 Å². The third-order valence-corrected chi connectivity index (χ3v) is 6.63. The van der Waals surface area contributed by atoms with Crippen LogP contribution in [0.3, 0.4) is 0 Å². The van der Waals surface area contributed by atoms with Crippen LogP contribution in [0, 0.1) is 12.7 Å². The summed E-state index contributed by atoms with van der Waals surface area (Å²) in [6.45, 7) is 5.60. The average Bonchev–Trinajstić information content (AvgIpc) is 2.59. The molecule has 1 fully saturated rings. The number of rotatable bonds is 7. The highest BCUT2D eigenvalue weighted by Gasteiger charge is 2.38. The van der Waals surface area contributed by atoms with Crippen LogP contribution in [0.2, 0.25) is 0 Å². The maximum atomic E-state index is 12.9. The summed E-state index contributed by atoms with van der Waals surface area (Å²) < 4.78 is 44.3. The highest BCUT2D eigenvalue weighted by molar-refractivity contribution is 7.89. The van der Waals surface area contributed by atoms with Crippen LogP contribution in [0.15, 0.2) is 30.5 Å². The molecule has 0 N–H and O–H groups in total. The Hall–Kier alpha value is -2.39. The number of carbonyl (C=O) groups is 1. The van der Waals surface area contributed by atoms with E-state index in [1.807, 2.05) is 0 Å². The molecule has 0 atom stereocenters. The number of hydrogen-bond acceptors (Lipinski definition) is 6. The molecular weight excluding hydrogens is 385 g/mol. The molecule has 0 amide bonds. The molecule has 7 nitrogen and oxygen atoms in total. The molecule has 1 aliphatic heterocycles. The molecule has 0 aliphatic carbocycles. The zero-order chi connectivity index (χ0) is 20.5. The molecule has 1 saturated heterocycles. The van der Waals surface area contributed by atoms with Crippen LogP contribution in [0.25, 0.3) is 0 Å². The predicted molar refractivity (Wildman–Crippen MR) is 101 cm³/mol. The molecule has 0 saturated carbocycles. The molecular formula is C19H22FN3O4S. The lowest BCUT2D eigenvalue weighted by Crippen LogP contribution is -2.57. The summed E-state index contributed by atoms with van der Waals surface area (Å²) in [7, 11) is -3.28. The van der Waals surface area contributed by atoms with Crippen molar-refractivity contribution in [2.24, 2.45) is 0 Å². The van der Waals surface area contributed by atoms with Crippen molar-refractivity contribution in [3.8, 4) is 5.75 Å². The maximum absolute atomic E-state index is 12.9. The second-order valence-electron chi connectivity index (χ2n) is 7.05. The molecule has 0 radical (unpaired) electrons. The summed E-state index contributed by atoms with van der Waals surface area (Å²) in [5, 5.41) is -0.471. The fourth-order valence-electron chi connectivity index (χ4n) is 2.79. The van der Waals surface area contributed by atoms with E-state index in [2.05, 4.69) is 9.97 Å². The molecule has 1 aliphatic rings. The number of Topliss-reactive ketones (excluding diaryl/α,β-unsaturated/α-hetero) is 1. The van der Waals surface area contributed by atoms with Gasteiger partial charge in [0.2, 0.25) is 10.0 Å². The number of nitrogens with zero attached hydrogens (tertiary/aromatic N) is 3. The second-order valence-corrected chi connectivity index (χ2v) is 9.54. The molecule has 3 heterocycles. The Morgan fingerprint density at radius 3 is 2.64 bits per heavy atom. The lowest BCUT2D eigenvalue weighted by atomic mass is 10.1. The van der Waals surface area contributed by atoms with Gasteiger partial charge in [-0.05, 0) is 32.9 Å². The largest absolute Gasteiger partial charge is 0.488 e. The summed E-state index contributed by atoms with van der Waals surface area (Å²) >= 11 is 0. The fourth-order valence-corrected chi connectivity index (χ4v) is 4.13. The number of aryl methyl sites for hydroxylation is 1. The molecule has 0 aromatic carbocycles. The molecule has 150 valence electrons. The van der Waals surface area contributed by atoms with Crippen molar-refractivity contribution in [3.05, 3.63) is 53.4 Å². The summed E-state index contributed by atoms with van der Waals surface area (Å²) in [6.07, 6.45) is 0.797. The van der Waals surface area contributed by atoms with Crippen molar-refractivity contribution in [2.45, 2.75) is 38.5 Å². The summed E-state index contributed by atoms with van der Waals surface area (Å²) in [5.74, 6) is -0.255. The van der Waals surface area contributed by atoms with Crippen molar-refractivity contribution < 1.29 is 22.3 Å². The fraction of sp³-hybridized carbons (Fsp3) is 0.421.